The summed E-state index contributed by atoms with van der Waals surface area (Å²) in [7, 11) is 1.13. The highest BCUT2D eigenvalue weighted by atomic mass is 19.4. The number of alkyl halides is 3. The van der Waals surface area contributed by atoms with Gasteiger partial charge in [0.25, 0.3) is 5.91 Å². The number of anilines is 1. The van der Waals surface area contributed by atoms with Crippen molar-refractivity contribution in [3.05, 3.63) is 65.5 Å². The van der Waals surface area contributed by atoms with Gasteiger partial charge in [-0.05, 0) is 30.7 Å². The first-order chi connectivity index (χ1) is 15.9. The molecule has 3 rings (SSSR count). The van der Waals surface area contributed by atoms with Gasteiger partial charge in [-0.2, -0.15) is 13.2 Å². The third-order valence-corrected chi connectivity index (χ3v) is 6.08. The molecule has 1 aromatic carbocycles. The Labute approximate surface area is 191 Å². The summed E-state index contributed by atoms with van der Waals surface area (Å²) in [5.74, 6) is -6.95. The molecule has 11 heteroatoms. The summed E-state index contributed by atoms with van der Waals surface area (Å²) in [6, 6.07) is 4.37. The van der Waals surface area contributed by atoms with E-state index in [2.05, 4.69) is 21.6 Å². The number of methoxy groups -OCH3 is 1. The molecule has 2 heterocycles. The van der Waals surface area contributed by atoms with Crippen LogP contribution in [0.25, 0.3) is 6.08 Å². The molecule has 1 aliphatic heterocycles. The predicted octanol–water partition coefficient (Wildman–Crippen LogP) is 4.87. The van der Waals surface area contributed by atoms with Crippen LogP contribution in [0, 0.1) is 17.6 Å². The Bertz CT molecular complexity index is 1140. The molecule has 0 saturated carbocycles. The second kappa shape index (κ2) is 9.13. The van der Waals surface area contributed by atoms with Gasteiger partial charge in [-0.3, -0.25) is 4.79 Å². The van der Waals surface area contributed by atoms with Gasteiger partial charge in [-0.15, -0.1) is 0 Å². The number of amides is 1. The van der Waals surface area contributed by atoms with E-state index in [0.29, 0.717) is 0 Å². The van der Waals surface area contributed by atoms with Gasteiger partial charge in [0.05, 0.1) is 7.11 Å². The van der Waals surface area contributed by atoms with Crippen LogP contribution in [0.15, 0.2) is 37.0 Å². The van der Waals surface area contributed by atoms with E-state index >= 15 is 0 Å². The number of esters is 1. The lowest BCUT2D eigenvalue weighted by Gasteiger charge is -2.32. The molecule has 1 aliphatic rings. The Hall–Kier alpha value is -3.34. The molecule has 0 radical (unpaired) electrons. The Morgan fingerprint density at radius 3 is 2.53 bits per heavy atom. The summed E-state index contributed by atoms with van der Waals surface area (Å²) in [5.41, 5.74) is -3.28. The predicted molar refractivity (Wildman–Crippen MR) is 112 cm³/mol. The number of nitrogens with one attached hydrogen (secondary N) is 1. The van der Waals surface area contributed by atoms with Crippen molar-refractivity contribution in [2.45, 2.75) is 37.6 Å². The van der Waals surface area contributed by atoms with E-state index in [1.807, 2.05) is 0 Å². The van der Waals surface area contributed by atoms with Gasteiger partial charge < -0.3 is 14.8 Å². The molecular formula is C23H21F5N2O4. The van der Waals surface area contributed by atoms with Gasteiger partial charge in [-0.25, -0.2) is 18.6 Å². The average Bonchev–Trinajstić information content (AvgIpc) is 3.07. The number of hydrogen-bond acceptors (Lipinski definition) is 5. The van der Waals surface area contributed by atoms with Crippen LogP contribution in [0.3, 0.4) is 0 Å². The average molecular weight is 484 g/mol. The lowest BCUT2D eigenvalue weighted by Crippen LogP contribution is -2.47. The maximum Gasteiger partial charge on any atom is 0.417 e. The molecule has 1 amide bonds. The van der Waals surface area contributed by atoms with Crippen LogP contribution < -0.4 is 5.32 Å². The largest absolute Gasteiger partial charge is 0.464 e. The molecule has 0 aliphatic carbocycles. The lowest BCUT2D eigenvalue weighted by atomic mass is 9.75. The zero-order valence-corrected chi connectivity index (χ0v) is 18.4. The third kappa shape index (κ3) is 4.27. The summed E-state index contributed by atoms with van der Waals surface area (Å²) in [6.07, 6.45) is -4.44. The van der Waals surface area contributed by atoms with E-state index in [1.165, 1.54) is 25.3 Å². The van der Waals surface area contributed by atoms with E-state index in [4.69, 9.17) is 4.74 Å². The van der Waals surface area contributed by atoms with Gasteiger partial charge in [-0.1, -0.05) is 25.6 Å². The van der Waals surface area contributed by atoms with E-state index in [-0.39, 0.29) is 22.5 Å². The highest BCUT2D eigenvalue weighted by Crippen LogP contribution is 2.54. The molecule has 1 aromatic heterocycles. The summed E-state index contributed by atoms with van der Waals surface area (Å²) in [4.78, 5) is 28.6. The Morgan fingerprint density at radius 1 is 1.26 bits per heavy atom. The van der Waals surface area contributed by atoms with Gasteiger partial charge >= 0.3 is 12.1 Å². The first-order valence-corrected chi connectivity index (χ1v) is 10.1. The van der Waals surface area contributed by atoms with Crippen molar-refractivity contribution in [1.29, 1.82) is 0 Å². The second-order valence-electron chi connectivity index (χ2n) is 7.94. The zero-order chi connectivity index (χ0) is 25.4. The normalized spacial score (nSPS) is 24.5. The van der Waals surface area contributed by atoms with Crippen LogP contribution in [-0.2, 0) is 14.3 Å². The summed E-state index contributed by atoms with van der Waals surface area (Å²) in [6.45, 7) is 5.45. The molecule has 1 N–H and O–H groups in total. The zero-order valence-electron chi connectivity index (χ0n) is 18.4. The van der Waals surface area contributed by atoms with Crippen molar-refractivity contribution in [1.82, 2.24) is 4.98 Å². The molecule has 4 atom stereocenters. The van der Waals surface area contributed by atoms with Crippen molar-refractivity contribution < 1.29 is 41.0 Å². The number of halogens is 5. The topological polar surface area (TPSA) is 77.5 Å². The van der Waals surface area contributed by atoms with Gasteiger partial charge in [0.15, 0.2) is 17.2 Å². The fourth-order valence-corrected chi connectivity index (χ4v) is 4.04. The minimum Gasteiger partial charge on any atom is -0.464 e. The maximum absolute atomic E-state index is 14.4. The fourth-order valence-electron chi connectivity index (χ4n) is 4.04. The van der Waals surface area contributed by atoms with E-state index < -0.39 is 53.2 Å². The minimum absolute atomic E-state index is 0.0465. The Kier molecular flexibility index (Phi) is 6.79. The highest BCUT2D eigenvalue weighted by Gasteiger charge is 2.65. The molecular weight excluding hydrogens is 463 g/mol. The molecule has 1 saturated heterocycles. The van der Waals surface area contributed by atoms with E-state index in [9.17, 15) is 31.5 Å². The van der Waals surface area contributed by atoms with Crippen molar-refractivity contribution in [2.24, 2.45) is 5.92 Å². The lowest BCUT2D eigenvalue weighted by molar-refractivity contribution is -0.272. The van der Waals surface area contributed by atoms with E-state index in [0.717, 1.165) is 32.2 Å². The molecule has 1 fully saturated rings. The van der Waals surface area contributed by atoms with Crippen molar-refractivity contribution in [2.75, 3.05) is 12.4 Å². The van der Waals surface area contributed by atoms with Gasteiger partial charge in [0, 0.05) is 29.3 Å². The fraction of sp³-hybridized carbons (Fsp3) is 0.348. The van der Waals surface area contributed by atoms with E-state index in [1.54, 1.807) is 0 Å². The number of pyridine rings is 1. The summed E-state index contributed by atoms with van der Waals surface area (Å²) >= 11 is 0. The molecule has 2 aromatic rings. The van der Waals surface area contributed by atoms with Gasteiger partial charge in [0.1, 0.15) is 11.8 Å². The summed E-state index contributed by atoms with van der Waals surface area (Å²) in [5, 5.41) is 2.40. The number of hydrogen-bond donors (Lipinski definition) is 1. The molecule has 182 valence electrons. The Morgan fingerprint density at radius 2 is 1.94 bits per heavy atom. The second-order valence-corrected chi connectivity index (χ2v) is 7.94. The number of benzene rings is 1. The van der Waals surface area contributed by atoms with Crippen LogP contribution in [0.5, 0.6) is 0 Å². The number of ether oxygens (including phenoxy) is 2. The monoisotopic (exact) mass is 484 g/mol. The summed E-state index contributed by atoms with van der Waals surface area (Å²) < 4.78 is 80.0. The highest BCUT2D eigenvalue weighted by molar-refractivity contribution is 5.96. The van der Waals surface area contributed by atoms with Gasteiger partial charge in [0.2, 0.25) is 0 Å². The molecule has 0 spiro atoms. The quantitative estimate of drug-likeness (QED) is 0.484. The number of aromatic nitrogens is 1. The van der Waals surface area contributed by atoms with Crippen LogP contribution in [-0.4, -0.2) is 41.9 Å². The van der Waals surface area contributed by atoms with Crippen molar-refractivity contribution in [3.63, 3.8) is 0 Å². The van der Waals surface area contributed by atoms with Crippen LogP contribution in [0.4, 0.5) is 27.6 Å². The third-order valence-electron chi connectivity index (χ3n) is 6.08. The first-order valence-electron chi connectivity index (χ1n) is 10.1. The molecule has 34 heavy (non-hydrogen) atoms. The molecule has 0 unspecified atom stereocenters. The number of rotatable bonds is 5. The Balaban J connectivity index is 2.07. The number of nitrogens with zero attached hydrogens (tertiary/aromatic N) is 1. The SMILES string of the molecule is C=Cc1c([C@H]2[C@H](C(=O)Nc3ccnc(C(=O)OC)c3)O[C@](C)(C(F)(F)F)[C@H]2C)ccc(F)c1F. The first kappa shape index (κ1) is 25.3. The molecule has 0 bridgehead atoms. The smallest absolute Gasteiger partial charge is 0.417 e. The maximum atomic E-state index is 14.4. The standard InChI is InChI=1S/C23H21F5N2O4/c1-5-13-14(6-7-15(24)18(13)25)17-11(2)22(3,23(26,27)28)34-19(17)20(31)30-12-8-9-29-16(10-12)21(32)33-4/h5-11,17,19H,1H2,2-4H3,(H,29,30,31)/t11-,17-,19+,22-/m0/s1. The van der Waals surface area contributed by atoms with Crippen LogP contribution in [0.1, 0.15) is 41.4 Å². The van der Waals surface area contributed by atoms with Crippen molar-refractivity contribution >= 4 is 23.6 Å². The minimum atomic E-state index is -4.87. The van der Waals surface area contributed by atoms with Crippen LogP contribution >= 0.6 is 0 Å². The van der Waals surface area contributed by atoms with Crippen LogP contribution in [0.2, 0.25) is 0 Å². The van der Waals surface area contributed by atoms with Crippen molar-refractivity contribution in [3.8, 4) is 0 Å². The number of carbonyl (C=O) groups is 2. The molecule has 6 nitrogen and oxygen atoms in total. The number of carbonyl (C=O) groups excluding carboxylic acids is 2.